The Morgan fingerprint density at radius 2 is 1.95 bits per heavy atom. The van der Waals surface area contributed by atoms with Crippen molar-refractivity contribution in [2.75, 3.05) is 39.3 Å². The first kappa shape index (κ1) is 16.2. The highest BCUT2D eigenvalue weighted by Gasteiger charge is 2.43. The summed E-state index contributed by atoms with van der Waals surface area (Å²) in [6.45, 7) is 11.1. The minimum atomic E-state index is -0.761. The lowest BCUT2D eigenvalue weighted by molar-refractivity contribution is -0.130. The highest BCUT2D eigenvalue weighted by Crippen LogP contribution is 2.17. The first-order valence-corrected chi connectivity index (χ1v) is 8.01. The van der Waals surface area contributed by atoms with Crippen molar-refractivity contribution in [2.24, 2.45) is 5.92 Å². The number of amides is 3. The first-order valence-electron chi connectivity index (χ1n) is 8.01. The van der Waals surface area contributed by atoms with E-state index in [1.807, 2.05) is 0 Å². The van der Waals surface area contributed by atoms with Crippen LogP contribution in [0.4, 0.5) is 4.79 Å². The van der Waals surface area contributed by atoms with Crippen molar-refractivity contribution in [3.05, 3.63) is 0 Å². The normalized spacial score (nSPS) is 23.0. The molecule has 0 unspecified atom stereocenters. The van der Waals surface area contributed by atoms with Crippen molar-refractivity contribution >= 4 is 11.9 Å². The predicted octanol–water partition coefficient (Wildman–Crippen LogP) is 0.638. The van der Waals surface area contributed by atoms with Gasteiger partial charge < -0.3 is 15.5 Å². The molecule has 0 atom stereocenters. The molecule has 2 heterocycles. The zero-order valence-corrected chi connectivity index (χ0v) is 13.4. The Morgan fingerprint density at radius 1 is 1.29 bits per heavy atom. The molecule has 0 saturated carbocycles. The molecule has 21 heavy (non-hydrogen) atoms. The van der Waals surface area contributed by atoms with Crippen LogP contribution < -0.4 is 10.6 Å². The summed E-state index contributed by atoms with van der Waals surface area (Å²) in [6.07, 6.45) is 2.43. The molecule has 0 bridgehead atoms. The molecule has 6 heteroatoms. The van der Waals surface area contributed by atoms with Crippen LogP contribution in [0.25, 0.3) is 0 Å². The molecule has 3 amide bonds. The standard InChI is InChI=1S/C15H28N4O2/c1-4-18(11-12-5-7-16-8-6-12)9-10-19-13(20)15(2,3)17-14(19)21/h12,16H,4-11H2,1-3H3,(H,17,21). The van der Waals surface area contributed by atoms with E-state index in [9.17, 15) is 9.59 Å². The van der Waals surface area contributed by atoms with E-state index in [1.54, 1.807) is 13.8 Å². The van der Waals surface area contributed by atoms with Gasteiger partial charge in [-0.05, 0) is 52.2 Å². The van der Waals surface area contributed by atoms with Crippen molar-refractivity contribution in [3.63, 3.8) is 0 Å². The topological polar surface area (TPSA) is 64.7 Å². The lowest BCUT2D eigenvalue weighted by Gasteiger charge is -2.30. The van der Waals surface area contributed by atoms with Crippen molar-refractivity contribution in [3.8, 4) is 0 Å². The van der Waals surface area contributed by atoms with Gasteiger partial charge >= 0.3 is 6.03 Å². The number of hydrogen-bond acceptors (Lipinski definition) is 4. The minimum Gasteiger partial charge on any atom is -0.324 e. The Labute approximate surface area is 127 Å². The lowest BCUT2D eigenvalue weighted by Crippen LogP contribution is -2.43. The third-order valence-corrected chi connectivity index (χ3v) is 4.51. The van der Waals surface area contributed by atoms with Crippen LogP contribution in [0.1, 0.15) is 33.6 Å². The Bertz CT molecular complexity index is 391. The largest absolute Gasteiger partial charge is 0.325 e. The van der Waals surface area contributed by atoms with Crippen molar-refractivity contribution in [1.29, 1.82) is 0 Å². The van der Waals surface area contributed by atoms with Crippen LogP contribution in [0.5, 0.6) is 0 Å². The summed E-state index contributed by atoms with van der Waals surface area (Å²) in [5, 5.41) is 6.11. The van der Waals surface area contributed by atoms with E-state index in [2.05, 4.69) is 22.5 Å². The van der Waals surface area contributed by atoms with E-state index >= 15 is 0 Å². The van der Waals surface area contributed by atoms with Crippen LogP contribution >= 0.6 is 0 Å². The fourth-order valence-corrected chi connectivity index (χ4v) is 3.07. The summed E-state index contributed by atoms with van der Waals surface area (Å²) in [5.41, 5.74) is -0.761. The van der Waals surface area contributed by atoms with E-state index in [1.165, 1.54) is 17.7 Å². The molecule has 0 aromatic rings. The van der Waals surface area contributed by atoms with E-state index in [0.717, 1.165) is 38.6 Å². The molecule has 0 radical (unpaired) electrons. The Hall–Kier alpha value is -1.14. The molecule has 2 rings (SSSR count). The molecule has 2 saturated heterocycles. The smallest absolute Gasteiger partial charge is 0.324 e. The van der Waals surface area contributed by atoms with Gasteiger partial charge in [0.1, 0.15) is 5.54 Å². The number of piperidine rings is 1. The second-order valence-electron chi connectivity index (χ2n) is 6.60. The fourth-order valence-electron chi connectivity index (χ4n) is 3.07. The Kier molecular flexibility index (Phi) is 5.22. The number of likely N-dealkylation sites (N-methyl/N-ethyl adjacent to an activating group) is 1. The van der Waals surface area contributed by atoms with Crippen molar-refractivity contribution < 1.29 is 9.59 Å². The summed E-state index contributed by atoms with van der Waals surface area (Å²) < 4.78 is 0. The van der Waals surface area contributed by atoms with Crippen LogP contribution in [0.15, 0.2) is 0 Å². The highest BCUT2D eigenvalue weighted by atomic mass is 16.2. The Morgan fingerprint density at radius 3 is 2.48 bits per heavy atom. The van der Waals surface area contributed by atoms with Gasteiger partial charge in [-0.25, -0.2) is 4.79 Å². The average molecular weight is 296 g/mol. The first-order chi connectivity index (χ1) is 9.94. The van der Waals surface area contributed by atoms with Gasteiger partial charge in [-0.15, -0.1) is 0 Å². The highest BCUT2D eigenvalue weighted by molar-refractivity contribution is 6.06. The maximum Gasteiger partial charge on any atom is 0.325 e. The third kappa shape index (κ3) is 3.95. The van der Waals surface area contributed by atoms with E-state index < -0.39 is 5.54 Å². The summed E-state index contributed by atoms with van der Waals surface area (Å²) in [4.78, 5) is 27.7. The molecule has 2 N–H and O–H groups in total. The minimum absolute atomic E-state index is 0.120. The van der Waals surface area contributed by atoms with Crippen molar-refractivity contribution in [1.82, 2.24) is 20.4 Å². The fraction of sp³-hybridized carbons (Fsp3) is 0.867. The van der Waals surface area contributed by atoms with Crippen LogP contribution in [0, 0.1) is 5.92 Å². The van der Waals surface area contributed by atoms with Gasteiger partial charge in [0.25, 0.3) is 5.91 Å². The van der Waals surface area contributed by atoms with E-state index in [4.69, 9.17) is 0 Å². The average Bonchev–Trinajstić information content (AvgIpc) is 2.65. The molecule has 2 aliphatic rings. The molecule has 2 fully saturated rings. The number of carbonyl (C=O) groups excluding carboxylic acids is 2. The SMILES string of the molecule is CCN(CCN1C(=O)NC(C)(C)C1=O)CC1CCNCC1. The second kappa shape index (κ2) is 6.75. The lowest BCUT2D eigenvalue weighted by atomic mass is 9.97. The van der Waals surface area contributed by atoms with Crippen LogP contribution in [-0.4, -0.2) is 66.5 Å². The van der Waals surface area contributed by atoms with Gasteiger partial charge in [0.05, 0.1) is 0 Å². The zero-order valence-electron chi connectivity index (χ0n) is 13.4. The van der Waals surface area contributed by atoms with Gasteiger partial charge in [-0.2, -0.15) is 0 Å². The van der Waals surface area contributed by atoms with Crippen LogP contribution in [0.2, 0.25) is 0 Å². The molecule has 6 nitrogen and oxygen atoms in total. The number of hydrogen-bond donors (Lipinski definition) is 2. The number of urea groups is 1. The Balaban J connectivity index is 1.82. The molecule has 0 aromatic carbocycles. The number of nitrogens with one attached hydrogen (secondary N) is 2. The third-order valence-electron chi connectivity index (χ3n) is 4.51. The number of rotatable bonds is 6. The summed E-state index contributed by atoms with van der Waals surface area (Å²) >= 11 is 0. The summed E-state index contributed by atoms with van der Waals surface area (Å²) in [6, 6.07) is -0.261. The predicted molar refractivity (Wildman–Crippen MR) is 82.0 cm³/mol. The molecular weight excluding hydrogens is 268 g/mol. The number of carbonyl (C=O) groups is 2. The molecule has 120 valence electrons. The van der Waals surface area contributed by atoms with Gasteiger partial charge in [-0.3, -0.25) is 9.69 Å². The molecule has 2 aliphatic heterocycles. The van der Waals surface area contributed by atoms with Crippen LogP contribution in [0.3, 0.4) is 0 Å². The van der Waals surface area contributed by atoms with Gasteiger partial charge in [0.2, 0.25) is 0 Å². The maximum absolute atomic E-state index is 12.1. The summed E-state index contributed by atoms with van der Waals surface area (Å²) in [5.74, 6) is 0.608. The second-order valence-corrected chi connectivity index (χ2v) is 6.60. The zero-order chi connectivity index (χ0) is 15.5. The van der Waals surface area contributed by atoms with Crippen molar-refractivity contribution in [2.45, 2.75) is 39.2 Å². The molecule has 0 spiro atoms. The monoisotopic (exact) mass is 296 g/mol. The van der Waals surface area contributed by atoms with E-state index in [-0.39, 0.29) is 11.9 Å². The molecule has 0 aromatic heterocycles. The van der Waals surface area contributed by atoms with Gasteiger partial charge in [-0.1, -0.05) is 6.92 Å². The van der Waals surface area contributed by atoms with Gasteiger partial charge in [0.15, 0.2) is 0 Å². The summed E-state index contributed by atoms with van der Waals surface area (Å²) in [7, 11) is 0. The van der Waals surface area contributed by atoms with E-state index in [0.29, 0.717) is 6.54 Å². The molecule has 0 aliphatic carbocycles. The number of nitrogens with zero attached hydrogens (tertiary/aromatic N) is 2. The maximum atomic E-state index is 12.1. The number of imide groups is 1. The van der Waals surface area contributed by atoms with Gasteiger partial charge in [0, 0.05) is 19.6 Å². The quantitative estimate of drug-likeness (QED) is 0.706. The van der Waals surface area contributed by atoms with Crippen LogP contribution in [-0.2, 0) is 4.79 Å². The molecular formula is C15H28N4O2.